The van der Waals surface area contributed by atoms with Crippen molar-refractivity contribution in [2.24, 2.45) is 5.73 Å². The van der Waals surface area contributed by atoms with Gasteiger partial charge in [0.05, 0.1) is 0 Å². The highest BCUT2D eigenvalue weighted by Crippen LogP contribution is 2.30. The van der Waals surface area contributed by atoms with Gasteiger partial charge in [-0.15, -0.1) is 0 Å². The van der Waals surface area contributed by atoms with Crippen molar-refractivity contribution in [3.63, 3.8) is 0 Å². The van der Waals surface area contributed by atoms with E-state index in [1.165, 1.54) is 12.1 Å². The van der Waals surface area contributed by atoms with E-state index in [0.29, 0.717) is 13.2 Å². The predicted octanol–water partition coefficient (Wildman–Crippen LogP) is -0.748. The zero-order valence-corrected chi connectivity index (χ0v) is 8.33. The van der Waals surface area contributed by atoms with Crippen molar-refractivity contribution in [2.45, 2.75) is 12.5 Å². The molecule has 0 unspecified atom stereocenters. The van der Waals surface area contributed by atoms with Gasteiger partial charge >= 0.3 is 13.7 Å². The third-order valence-corrected chi connectivity index (χ3v) is 2.02. The van der Waals surface area contributed by atoms with Gasteiger partial charge in [-0.05, 0) is 11.6 Å². The average molecular weight is 224 g/mol. The molecule has 0 aliphatic heterocycles. The van der Waals surface area contributed by atoms with Crippen molar-refractivity contribution in [1.82, 2.24) is 0 Å². The van der Waals surface area contributed by atoms with E-state index in [1.54, 1.807) is 6.07 Å². The van der Waals surface area contributed by atoms with Crippen molar-refractivity contribution < 1.29 is 24.7 Å². The summed E-state index contributed by atoms with van der Waals surface area (Å²) in [4.78, 5) is 10.5. The Balaban J connectivity index is 2.88. The Morgan fingerprint density at radius 3 is 2.81 bits per heavy atom. The fourth-order valence-electron chi connectivity index (χ4n) is 1.21. The lowest BCUT2D eigenvalue weighted by molar-refractivity contribution is -0.138. The Hall–Kier alpha value is -1.73. The molecule has 1 radical (unpaired) electrons. The second-order valence-electron chi connectivity index (χ2n) is 3.14. The lowest BCUT2D eigenvalue weighted by Gasteiger charge is -2.11. The summed E-state index contributed by atoms with van der Waals surface area (Å²) in [5.74, 6) is -1.35. The van der Waals surface area contributed by atoms with Gasteiger partial charge in [-0.3, -0.25) is 4.79 Å². The first-order valence-electron chi connectivity index (χ1n) is 4.48. The summed E-state index contributed by atoms with van der Waals surface area (Å²) in [7, 11) is 0.427. The maximum atomic E-state index is 10.5. The van der Waals surface area contributed by atoms with Crippen LogP contribution in [0.2, 0.25) is 0 Å². The number of carboxylic acids is 1. The van der Waals surface area contributed by atoms with Crippen LogP contribution in [0.3, 0.4) is 0 Å². The minimum absolute atomic E-state index is 0.0240. The molecule has 1 atom stereocenters. The van der Waals surface area contributed by atoms with Crippen molar-refractivity contribution >= 4 is 13.7 Å². The number of rotatable bonds is 5. The van der Waals surface area contributed by atoms with Crippen molar-refractivity contribution in [3.05, 3.63) is 23.8 Å². The van der Waals surface area contributed by atoms with Gasteiger partial charge in [0, 0.05) is 6.42 Å². The van der Waals surface area contributed by atoms with Crippen molar-refractivity contribution in [1.29, 1.82) is 0 Å². The van der Waals surface area contributed by atoms with Crippen LogP contribution < -0.4 is 10.4 Å². The quantitative estimate of drug-likeness (QED) is 0.489. The molecular weight excluding hydrogens is 213 g/mol. The number of hydrogen-bond donors (Lipinski definition) is 4. The minimum atomic E-state index is -1.15. The molecule has 16 heavy (non-hydrogen) atoms. The zero-order chi connectivity index (χ0) is 12.1. The Kier molecular flexibility index (Phi) is 4.15. The predicted molar refractivity (Wildman–Crippen MR) is 56.0 cm³/mol. The fraction of sp³-hybridized carbons (Fsp3) is 0.222. The first-order valence-corrected chi connectivity index (χ1v) is 4.48. The molecule has 0 aliphatic rings. The van der Waals surface area contributed by atoms with Gasteiger partial charge in [0.25, 0.3) is 0 Å². The van der Waals surface area contributed by atoms with Gasteiger partial charge in [0.2, 0.25) is 0 Å². The molecule has 0 spiro atoms. The number of aromatic hydroxyl groups is 1. The summed E-state index contributed by atoms with van der Waals surface area (Å²) in [5, 5.41) is 26.7. The maximum Gasteiger partial charge on any atom is 0.569 e. The number of para-hydroxylation sites is 1. The van der Waals surface area contributed by atoms with E-state index in [9.17, 15) is 9.90 Å². The topological polar surface area (TPSA) is 113 Å². The molecule has 5 N–H and O–H groups in total. The van der Waals surface area contributed by atoms with E-state index in [0.717, 1.165) is 0 Å². The number of phenolic OH excluding ortho intramolecular Hbond substituents is 1. The van der Waals surface area contributed by atoms with Crippen LogP contribution >= 0.6 is 0 Å². The van der Waals surface area contributed by atoms with Crippen LogP contribution in [-0.2, 0) is 11.2 Å². The number of carboxylic acid groups (broad SMARTS) is 1. The van der Waals surface area contributed by atoms with E-state index >= 15 is 0 Å². The molecule has 0 amide bonds. The molecule has 7 heteroatoms. The smallest absolute Gasteiger partial charge is 0.535 e. The number of hydrogen-bond acceptors (Lipinski definition) is 5. The molecule has 1 aromatic carbocycles. The normalized spacial score (nSPS) is 11.9. The molecule has 0 aliphatic carbocycles. The molecule has 1 rings (SSSR count). The molecule has 1 aromatic rings. The van der Waals surface area contributed by atoms with Crippen LogP contribution in [0, 0.1) is 0 Å². The van der Waals surface area contributed by atoms with Crippen LogP contribution in [-0.4, -0.2) is 34.9 Å². The van der Waals surface area contributed by atoms with Gasteiger partial charge in [-0.1, -0.05) is 12.1 Å². The molecule has 0 bridgehead atoms. The minimum Gasteiger partial charge on any atom is -0.535 e. The molecule has 0 fully saturated rings. The van der Waals surface area contributed by atoms with E-state index in [4.69, 9.17) is 15.9 Å². The standard InChI is InChI=1S/C9H11BNO5/c11-6(9(13)14)4-5-2-1-3-7(8(5)12)16-10-15/h1-3,6,12,15H,4,11H2,(H,13,14)/t6-/m0/s1. The number of nitrogens with two attached hydrogens (primary N) is 1. The molecule has 85 valence electrons. The number of carbonyl (C=O) groups is 1. The Morgan fingerprint density at radius 1 is 1.56 bits per heavy atom. The van der Waals surface area contributed by atoms with Crippen molar-refractivity contribution in [2.75, 3.05) is 0 Å². The number of phenols is 1. The zero-order valence-electron chi connectivity index (χ0n) is 8.33. The Labute approximate surface area is 92.6 Å². The van der Waals surface area contributed by atoms with Crippen LogP contribution in [0.15, 0.2) is 18.2 Å². The average Bonchev–Trinajstić information content (AvgIpc) is 2.24. The largest absolute Gasteiger partial charge is 0.569 e. The van der Waals surface area contributed by atoms with Crippen LogP contribution in [0.25, 0.3) is 0 Å². The summed E-state index contributed by atoms with van der Waals surface area (Å²) in [5.41, 5.74) is 5.67. The van der Waals surface area contributed by atoms with Crippen LogP contribution in [0.5, 0.6) is 11.5 Å². The summed E-state index contributed by atoms with van der Waals surface area (Å²) in [6.45, 7) is 0. The summed E-state index contributed by atoms with van der Waals surface area (Å²) >= 11 is 0. The maximum absolute atomic E-state index is 10.5. The molecular formula is C9H11BNO5. The summed E-state index contributed by atoms with van der Waals surface area (Å²) in [6, 6.07) is 3.42. The number of aliphatic carboxylic acids is 1. The lowest BCUT2D eigenvalue weighted by atomic mass is 10.0. The van der Waals surface area contributed by atoms with Gasteiger partial charge in [-0.25, -0.2) is 0 Å². The fourth-order valence-corrected chi connectivity index (χ4v) is 1.21. The van der Waals surface area contributed by atoms with E-state index in [1.807, 2.05) is 0 Å². The number of benzene rings is 1. The second-order valence-corrected chi connectivity index (χ2v) is 3.14. The van der Waals surface area contributed by atoms with E-state index < -0.39 is 12.0 Å². The summed E-state index contributed by atoms with van der Waals surface area (Å²) in [6.07, 6.45) is -0.0240. The Morgan fingerprint density at radius 2 is 2.25 bits per heavy atom. The monoisotopic (exact) mass is 224 g/mol. The Bertz CT molecular complexity index is 384. The van der Waals surface area contributed by atoms with Crippen molar-refractivity contribution in [3.8, 4) is 11.5 Å². The van der Waals surface area contributed by atoms with E-state index in [2.05, 4.69) is 4.65 Å². The molecule has 6 nitrogen and oxygen atoms in total. The first kappa shape index (κ1) is 12.3. The highest BCUT2D eigenvalue weighted by atomic mass is 16.5. The summed E-state index contributed by atoms with van der Waals surface area (Å²) < 4.78 is 4.61. The first-order chi connectivity index (χ1) is 7.56. The molecule has 0 saturated heterocycles. The van der Waals surface area contributed by atoms with Gasteiger partial charge in [0.15, 0.2) is 5.75 Å². The highest BCUT2D eigenvalue weighted by Gasteiger charge is 2.16. The van der Waals surface area contributed by atoms with Gasteiger partial charge in [-0.2, -0.15) is 0 Å². The van der Waals surface area contributed by atoms with E-state index in [-0.39, 0.29) is 17.9 Å². The lowest BCUT2D eigenvalue weighted by Crippen LogP contribution is -2.32. The molecule has 0 saturated carbocycles. The van der Waals surface area contributed by atoms with Crippen LogP contribution in [0.1, 0.15) is 5.56 Å². The third-order valence-electron chi connectivity index (χ3n) is 2.02. The third kappa shape index (κ3) is 2.88. The highest BCUT2D eigenvalue weighted by molar-refractivity contribution is 6.17. The SMILES string of the molecule is N[C@@H](Cc1cccc(O[B]O)c1O)C(=O)O. The second kappa shape index (κ2) is 5.38. The van der Waals surface area contributed by atoms with Gasteiger partial charge in [0.1, 0.15) is 11.8 Å². The molecule has 0 heterocycles. The van der Waals surface area contributed by atoms with Crippen LogP contribution in [0.4, 0.5) is 0 Å². The van der Waals surface area contributed by atoms with Gasteiger partial charge < -0.3 is 25.6 Å². The molecule has 0 aromatic heterocycles.